The highest BCUT2D eigenvalue weighted by Gasteiger charge is 2.17. The molecule has 0 radical (unpaired) electrons. The van der Waals surface area contributed by atoms with Gasteiger partial charge in [-0.05, 0) is 134 Å². The van der Waals surface area contributed by atoms with Gasteiger partial charge in [0.25, 0.3) is 0 Å². The lowest BCUT2D eigenvalue weighted by molar-refractivity contribution is 0.148. The second-order valence-electron chi connectivity index (χ2n) is 12.9. The maximum atomic E-state index is 3.72. The molecule has 268 valence electrons. The van der Waals surface area contributed by atoms with Crippen LogP contribution in [0.15, 0.2) is 109 Å². The lowest BCUT2D eigenvalue weighted by Gasteiger charge is -2.32. The summed E-state index contributed by atoms with van der Waals surface area (Å²) in [6.45, 7) is 11.9. The van der Waals surface area contributed by atoms with E-state index in [-0.39, 0.29) is 0 Å². The molecule has 4 aromatic rings. The first-order valence-corrected chi connectivity index (χ1v) is 23.0. The molecule has 0 spiro atoms. The largest absolute Gasteiger partial charge is 0.298 e. The van der Waals surface area contributed by atoms with Crippen LogP contribution in [-0.4, -0.2) is 72.0 Å². The van der Waals surface area contributed by atoms with Crippen LogP contribution in [-0.2, 0) is 26.2 Å². The van der Waals surface area contributed by atoms with Gasteiger partial charge < -0.3 is 0 Å². The van der Waals surface area contributed by atoms with Crippen molar-refractivity contribution in [1.82, 2.24) is 19.6 Å². The normalized spacial score (nSPS) is 16.8. The first-order chi connectivity index (χ1) is 23.9. The molecule has 0 aliphatic carbocycles. The van der Waals surface area contributed by atoms with Crippen molar-refractivity contribution < 1.29 is 0 Å². The molecule has 12 heteroatoms. The monoisotopic (exact) mass is 1180 g/mol. The van der Waals surface area contributed by atoms with Gasteiger partial charge in [0.1, 0.15) is 0 Å². The van der Waals surface area contributed by atoms with E-state index in [1.165, 1.54) is 22.3 Å². The van der Waals surface area contributed by atoms with E-state index in [0.29, 0.717) is 0 Å². The number of halogens is 8. The van der Waals surface area contributed by atoms with E-state index >= 15 is 0 Å². The Morgan fingerprint density at radius 2 is 0.460 bits per heavy atom. The zero-order valence-corrected chi connectivity index (χ0v) is 40.3. The van der Waals surface area contributed by atoms with Crippen LogP contribution < -0.4 is 0 Å². The molecule has 4 nitrogen and oxygen atoms in total. The number of nitrogens with zero attached hydrogens (tertiary/aromatic N) is 4. The minimum absolute atomic E-state index is 0.920. The molecule has 1 fully saturated rings. The predicted molar refractivity (Wildman–Crippen MR) is 238 cm³/mol. The standard InChI is InChI=1S/C38H40Br8N4/c39-31-11-27(12-32(40)19-31)23-47-3-1-4-48(24-28-13-33(41)20-34(42)14-28)8-10-50(26-30-17-37(45)22-38(46)18-30)6-2-5-49(9-7-47)25-29-15-35(43)21-36(44)16-29/h11-22H,1-10,23-26H2. The number of benzene rings is 4. The smallest absolute Gasteiger partial charge is 0.0235 e. The van der Waals surface area contributed by atoms with Crippen molar-refractivity contribution in [3.63, 3.8) is 0 Å². The molecule has 0 atom stereocenters. The third-order valence-electron chi connectivity index (χ3n) is 8.68. The first kappa shape index (κ1) is 41.7. The SMILES string of the molecule is Brc1cc(Br)cc(CN2CCCN(Cc3cc(Br)cc(Br)c3)CCN(Cc3cc(Br)cc(Br)c3)CCCN(Cc3cc(Br)cc(Br)c3)CC2)c1. The lowest BCUT2D eigenvalue weighted by atomic mass is 10.1. The Morgan fingerprint density at radius 1 is 0.280 bits per heavy atom. The highest BCUT2D eigenvalue weighted by Crippen LogP contribution is 2.25. The highest BCUT2D eigenvalue weighted by atomic mass is 79.9. The molecule has 1 saturated heterocycles. The molecule has 1 aliphatic heterocycles. The van der Waals surface area contributed by atoms with Crippen LogP contribution in [0.3, 0.4) is 0 Å². The van der Waals surface area contributed by atoms with Crippen molar-refractivity contribution in [3.05, 3.63) is 131 Å². The Kier molecular flexibility index (Phi) is 17.5. The van der Waals surface area contributed by atoms with Crippen LogP contribution in [0, 0.1) is 0 Å². The Hall–Kier alpha value is 0.560. The second-order valence-corrected chi connectivity index (χ2v) is 20.2. The maximum absolute atomic E-state index is 3.72. The summed E-state index contributed by atoms with van der Waals surface area (Å²) in [7, 11) is 0. The zero-order valence-electron chi connectivity index (χ0n) is 27.6. The van der Waals surface area contributed by atoms with Gasteiger partial charge in [0, 0.05) is 88.1 Å². The van der Waals surface area contributed by atoms with E-state index in [1.807, 2.05) is 0 Å². The molecule has 4 aromatic carbocycles. The first-order valence-electron chi connectivity index (χ1n) is 16.6. The fourth-order valence-corrected chi connectivity index (χ4v) is 12.1. The van der Waals surface area contributed by atoms with Crippen LogP contribution in [0.1, 0.15) is 35.1 Å². The Bertz CT molecular complexity index is 1390. The molecule has 0 saturated carbocycles. The number of rotatable bonds is 8. The summed E-state index contributed by atoms with van der Waals surface area (Å²) in [5, 5.41) is 0. The van der Waals surface area contributed by atoms with Crippen molar-refractivity contribution >= 4 is 127 Å². The molecule has 0 aromatic heterocycles. The van der Waals surface area contributed by atoms with Gasteiger partial charge in [-0.1, -0.05) is 127 Å². The third kappa shape index (κ3) is 14.7. The van der Waals surface area contributed by atoms with E-state index in [4.69, 9.17) is 0 Å². The number of hydrogen-bond acceptors (Lipinski definition) is 4. The summed E-state index contributed by atoms with van der Waals surface area (Å²) in [6, 6.07) is 26.5. The summed E-state index contributed by atoms with van der Waals surface area (Å²) in [5.41, 5.74) is 5.28. The van der Waals surface area contributed by atoms with Gasteiger partial charge in [0.05, 0.1) is 0 Å². The third-order valence-corrected chi connectivity index (χ3v) is 12.3. The molecule has 5 rings (SSSR count). The van der Waals surface area contributed by atoms with Gasteiger partial charge in [-0.3, -0.25) is 19.6 Å². The topological polar surface area (TPSA) is 13.0 Å². The summed E-state index contributed by atoms with van der Waals surface area (Å²) in [6.07, 6.45) is 2.20. The van der Waals surface area contributed by atoms with Crippen LogP contribution in [0.25, 0.3) is 0 Å². The van der Waals surface area contributed by atoms with E-state index < -0.39 is 0 Å². The summed E-state index contributed by atoms with van der Waals surface area (Å²) in [4.78, 5) is 10.6. The lowest BCUT2D eigenvalue weighted by Crippen LogP contribution is -2.40. The van der Waals surface area contributed by atoms with Gasteiger partial charge in [0.2, 0.25) is 0 Å². The van der Waals surface area contributed by atoms with Crippen molar-refractivity contribution in [2.24, 2.45) is 0 Å². The molecular formula is C38H40Br8N4. The zero-order chi connectivity index (χ0) is 35.6. The fourth-order valence-electron chi connectivity index (χ4n) is 6.52. The van der Waals surface area contributed by atoms with Gasteiger partial charge >= 0.3 is 0 Å². The minimum Gasteiger partial charge on any atom is -0.298 e. The molecule has 50 heavy (non-hydrogen) atoms. The molecule has 1 aliphatic rings. The summed E-state index contributed by atoms with van der Waals surface area (Å²) >= 11 is 29.7. The van der Waals surface area contributed by atoms with Crippen LogP contribution in [0.2, 0.25) is 0 Å². The van der Waals surface area contributed by atoms with E-state index in [0.717, 1.165) is 127 Å². The predicted octanol–water partition coefficient (Wildman–Crippen LogP) is 12.9. The highest BCUT2D eigenvalue weighted by molar-refractivity contribution is 9.12. The fraction of sp³-hybridized carbons (Fsp3) is 0.368. The van der Waals surface area contributed by atoms with Gasteiger partial charge in [0.15, 0.2) is 0 Å². The van der Waals surface area contributed by atoms with Crippen molar-refractivity contribution in [2.45, 2.75) is 39.0 Å². The Balaban J connectivity index is 1.39. The van der Waals surface area contributed by atoms with Crippen molar-refractivity contribution in [2.75, 3.05) is 52.4 Å². The van der Waals surface area contributed by atoms with Crippen molar-refractivity contribution in [1.29, 1.82) is 0 Å². The van der Waals surface area contributed by atoms with Crippen LogP contribution in [0.4, 0.5) is 0 Å². The average molecular weight is 1190 g/mol. The van der Waals surface area contributed by atoms with Gasteiger partial charge in [-0.25, -0.2) is 0 Å². The molecule has 0 N–H and O–H groups in total. The minimum atomic E-state index is 0.920. The quantitative estimate of drug-likeness (QED) is 0.174. The van der Waals surface area contributed by atoms with E-state index in [9.17, 15) is 0 Å². The number of hydrogen-bond donors (Lipinski definition) is 0. The average Bonchev–Trinajstić information content (AvgIpc) is 2.99. The van der Waals surface area contributed by atoms with Crippen molar-refractivity contribution in [3.8, 4) is 0 Å². The second kappa shape index (κ2) is 21.0. The van der Waals surface area contributed by atoms with Crippen LogP contribution >= 0.6 is 127 Å². The molecular weight excluding hydrogens is 1150 g/mol. The van der Waals surface area contributed by atoms with Gasteiger partial charge in [-0.2, -0.15) is 0 Å². The summed E-state index contributed by atoms with van der Waals surface area (Å²) < 4.78 is 8.87. The molecule has 0 unspecified atom stereocenters. The van der Waals surface area contributed by atoms with E-state index in [2.05, 4.69) is 220 Å². The molecule has 1 heterocycles. The van der Waals surface area contributed by atoms with E-state index in [1.54, 1.807) is 0 Å². The van der Waals surface area contributed by atoms with Crippen LogP contribution in [0.5, 0.6) is 0 Å². The Morgan fingerprint density at radius 3 is 0.640 bits per heavy atom. The Labute approximate surface area is 365 Å². The molecule has 0 amide bonds. The maximum Gasteiger partial charge on any atom is 0.0235 e. The summed E-state index contributed by atoms with van der Waals surface area (Å²) in [5.74, 6) is 0. The molecule has 0 bridgehead atoms. The van der Waals surface area contributed by atoms with Gasteiger partial charge in [-0.15, -0.1) is 0 Å².